The molecule has 0 aromatic carbocycles. The molecule has 3 rings (SSSR count). The Labute approximate surface area is 157 Å². The van der Waals surface area contributed by atoms with Crippen molar-refractivity contribution in [2.45, 2.75) is 12.5 Å². The van der Waals surface area contributed by atoms with Gasteiger partial charge < -0.3 is 10.4 Å². The number of aromatic nitrogens is 2. The number of hydrogen-bond acceptors (Lipinski definition) is 4. The average molecular weight is 473 g/mol. The highest BCUT2D eigenvalue weighted by atomic mass is 79.9. The number of imidazole rings is 1. The molecule has 9 heteroatoms. The van der Waals surface area contributed by atoms with E-state index in [-0.39, 0.29) is 6.42 Å². The number of halogens is 2. The zero-order valence-electron chi connectivity index (χ0n) is 12.1. The number of nitrogens with one attached hydrogen (secondary N) is 1. The van der Waals surface area contributed by atoms with Crippen molar-refractivity contribution in [3.05, 3.63) is 55.5 Å². The molecule has 0 fully saturated rings. The number of carbonyl (C=O) groups excluding carboxylic acids is 1. The van der Waals surface area contributed by atoms with E-state index in [0.29, 0.717) is 15.8 Å². The monoisotopic (exact) mass is 471 g/mol. The molecular formula is C15H11Br2N3O3S. The van der Waals surface area contributed by atoms with Gasteiger partial charge in [0.25, 0.3) is 5.91 Å². The van der Waals surface area contributed by atoms with Crippen LogP contribution in [0.3, 0.4) is 0 Å². The first kappa shape index (κ1) is 17.1. The van der Waals surface area contributed by atoms with E-state index < -0.39 is 17.9 Å². The topological polar surface area (TPSA) is 83.7 Å². The third-order valence-electron chi connectivity index (χ3n) is 3.39. The summed E-state index contributed by atoms with van der Waals surface area (Å²) >= 11 is 8.16. The Morgan fingerprint density at radius 1 is 1.38 bits per heavy atom. The number of hydrogen-bond donors (Lipinski definition) is 2. The van der Waals surface area contributed by atoms with Gasteiger partial charge in [0.15, 0.2) is 0 Å². The zero-order valence-corrected chi connectivity index (χ0v) is 16.1. The fourth-order valence-electron chi connectivity index (χ4n) is 2.22. The molecule has 2 N–H and O–H groups in total. The lowest BCUT2D eigenvalue weighted by Gasteiger charge is -2.14. The van der Waals surface area contributed by atoms with Crippen molar-refractivity contribution in [1.29, 1.82) is 0 Å². The summed E-state index contributed by atoms with van der Waals surface area (Å²) in [5, 5.41) is 13.8. The number of amides is 1. The fourth-order valence-corrected chi connectivity index (χ4v) is 3.82. The van der Waals surface area contributed by atoms with Gasteiger partial charge in [-0.3, -0.25) is 9.20 Å². The van der Waals surface area contributed by atoms with Gasteiger partial charge in [0.2, 0.25) is 0 Å². The second-order valence-electron chi connectivity index (χ2n) is 5.05. The van der Waals surface area contributed by atoms with Gasteiger partial charge in [0.1, 0.15) is 16.3 Å². The molecule has 3 aromatic rings. The van der Waals surface area contributed by atoms with Crippen molar-refractivity contribution in [1.82, 2.24) is 14.7 Å². The Hall–Kier alpha value is -1.71. The van der Waals surface area contributed by atoms with Crippen LogP contribution in [0.2, 0.25) is 0 Å². The molecule has 0 saturated heterocycles. The Morgan fingerprint density at radius 3 is 2.83 bits per heavy atom. The molecule has 24 heavy (non-hydrogen) atoms. The van der Waals surface area contributed by atoms with Gasteiger partial charge in [-0.25, -0.2) is 9.78 Å². The third-order valence-corrected chi connectivity index (χ3v) is 5.53. The quantitative estimate of drug-likeness (QED) is 0.596. The highest BCUT2D eigenvalue weighted by molar-refractivity contribution is 9.11. The van der Waals surface area contributed by atoms with Crippen molar-refractivity contribution in [2.75, 3.05) is 0 Å². The lowest BCUT2D eigenvalue weighted by molar-refractivity contribution is -0.139. The highest BCUT2D eigenvalue weighted by Crippen LogP contribution is 2.22. The first-order valence-electron chi connectivity index (χ1n) is 6.83. The standard InChI is InChI=1S/C15H11Br2N3O3S/c16-11-5-18-13-2-1-9(6-20(11)13)14(21)19-10(15(22)23)3-8-4-12(17)24-7-8/h1-2,4-7,10H,3H2,(H,19,21)(H,22,23). The minimum Gasteiger partial charge on any atom is -0.480 e. The van der Waals surface area contributed by atoms with E-state index in [4.69, 9.17) is 0 Å². The molecule has 0 aliphatic carbocycles. The van der Waals surface area contributed by atoms with Gasteiger partial charge >= 0.3 is 5.97 Å². The van der Waals surface area contributed by atoms with Crippen LogP contribution >= 0.6 is 43.2 Å². The molecule has 0 aliphatic heterocycles. The first-order chi connectivity index (χ1) is 11.4. The molecule has 1 unspecified atom stereocenters. The predicted octanol–water partition coefficient (Wildman–Crippen LogP) is 3.35. The highest BCUT2D eigenvalue weighted by Gasteiger charge is 2.22. The largest absolute Gasteiger partial charge is 0.480 e. The number of aliphatic carboxylic acids is 1. The maximum atomic E-state index is 12.4. The second kappa shape index (κ2) is 7.04. The van der Waals surface area contributed by atoms with E-state index >= 15 is 0 Å². The molecular weight excluding hydrogens is 462 g/mol. The van der Waals surface area contributed by atoms with Gasteiger partial charge in [0, 0.05) is 12.6 Å². The Kier molecular flexibility index (Phi) is 5.02. The molecule has 1 amide bonds. The second-order valence-corrected chi connectivity index (χ2v) is 8.16. The van der Waals surface area contributed by atoms with E-state index in [1.165, 1.54) is 11.3 Å². The summed E-state index contributed by atoms with van der Waals surface area (Å²) in [5.41, 5.74) is 1.91. The number of rotatable bonds is 5. The van der Waals surface area contributed by atoms with Gasteiger partial charge in [-0.05, 0) is 61.0 Å². The normalized spacial score (nSPS) is 12.2. The summed E-state index contributed by atoms with van der Waals surface area (Å²) in [7, 11) is 0. The van der Waals surface area contributed by atoms with Crippen molar-refractivity contribution in [3.8, 4) is 0 Å². The molecule has 0 saturated carbocycles. The molecule has 0 bridgehead atoms. The summed E-state index contributed by atoms with van der Waals surface area (Å²) in [6, 6.07) is 4.16. The summed E-state index contributed by atoms with van der Waals surface area (Å²) in [6.07, 6.45) is 3.47. The maximum Gasteiger partial charge on any atom is 0.326 e. The van der Waals surface area contributed by atoms with Crippen LogP contribution in [-0.4, -0.2) is 32.4 Å². The first-order valence-corrected chi connectivity index (χ1v) is 9.30. The van der Waals surface area contributed by atoms with E-state index in [1.807, 2.05) is 11.4 Å². The molecule has 0 spiro atoms. The van der Waals surface area contributed by atoms with Crippen molar-refractivity contribution >= 4 is 60.7 Å². The lowest BCUT2D eigenvalue weighted by Crippen LogP contribution is -2.42. The van der Waals surface area contributed by atoms with Gasteiger partial charge in [-0.1, -0.05) is 0 Å². The van der Waals surface area contributed by atoms with Crippen LogP contribution in [0.5, 0.6) is 0 Å². The van der Waals surface area contributed by atoms with E-state index in [0.717, 1.165) is 9.35 Å². The lowest BCUT2D eigenvalue weighted by atomic mass is 10.1. The van der Waals surface area contributed by atoms with E-state index in [9.17, 15) is 14.7 Å². The summed E-state index contributed by atoms with van der Waals surface area (Å²) in [4.78, 5) is 28.0. The van der Waals surface area contributed by atoms with Crippen LogP contribution in [0.25, 0.3) is 5.65 Å². The van der Waals surface area contributed by atoms with Crippen LogP contribution in [0.1, 0.15) is 15.9 Å². The summed E-state index contributed by atoms with van der Waals surface area (Å²) in [5.74, 6) is -1.52. The Bertz CT molecular complexity index is 922. The van der Waals surface area contributed by atoms with Crippen LogP contribution < -0.4 is 5.32 Å². The number of thiophene rings is 1. The molecule has 3 aromatic heterocycles. The van der Waals surface area contributed by atoms with Crippen molar-refractivity contribution < 1.29 is 14.7 Å². The molecule has 6 nitrogen and oxygen atoms in total. The van der Waals surface area contributed by atoms with Crippen molar-refractivity contribution in [2.24, 2.45) is 0 Å². The predicted molar refractivity (Wildman–Crippen MR) is 97.5 cm³/mol. The van der Waals surface area contributed by atoms with Gasteiger partial charge in [-0.15, -0.1) is 11.3 Å². The van der Waals surface area contributed by atoms with Gasteiger partial charge in [0.05, 0.1) is 15.5 Å². The van der Waals surface area contributed by atoms with Crippen LogP contribution in [0, 0.1) is 0 Å². The molecule has 0 radical (unpaired) electrons. The molecule has 0 aliphatic rings. The number of carboxylic acids is 1. The zero-order chi connectivity index (χ0) is 17.3. The number of nitrogens with zero attached hydrogens (tertiary/aromatic N) is 2. The maximum absolute atomic E-state index is 12.4. The van der Waals surface area contributed by atoms with Gasteiger partial charge in [-0.2, -0.15) is 0 Å². The third kappa shape index (κ3) is 3.68. The Morgan fingerprint density at radius 2 is 2.17 bits per heavy atom. The van der Waals surface area contributed by atoms with Crippen molar-refractivity contribution in [3.63, 3.8) is 0 Å². The fraction of sp³-hybridized carbons (Fsp3) is 0.133. The van der Waals surface area contributed by atoms with E-state index in [1.54, 1.807) is 28.9 Å². The molecule has 1 atom stereocenters. The average Bonchev–Trinajstić information content (AvgIpc) is 3.12. The SMILES string of the molecule is O=C(NC(Cc1csc(Br)c1)C(=O)O)c1ccc2ncc(Br)n2c1. The summed E-state index contributed by atoms with van der Waals surface area (Å²) in [6.45, 7) is 0. The Balaban J connectivity index is 1.79. The van der Waals surface area contributed by atoms with Crippen LogP contribution in [-0.2, 0) is 11.2 Å². The van der Waals surface area contributed by atoms with Crippen LogP contribution in [0.15, 0.2) is 44.4 Å². The molecule has 3 heterocycles. The van der Waals surface area contributed by atoms with E-state index in [2.05, 4.69) is 42.2 Å². The summed E-state index contributed by atoms with van der Waals surface area (Å²) < 4.78 is 3.34. The van der Waals surface area contributed by atoms with Crippen LogP contribution in [0.4, 0.5) is 0 Å². The molecule has 124 valence electrons. The number of pyridine rings is 1. The minimum atomic E-state index is -1.07. The number of fused-ring (bicyclic) bond motifs is 1. The number of carbonyl (C=O) groups is 2. The number of carboxylic acid groups (broad SMARTS) is 1. The smallest absolute Gasteiger partial charge is 0.326 e. The minimum absolute atomic E-state index is 0.222.